The van der Waals surface area contributed by atoms with Gasteiger partial charge in [0.2, 0.25) is 0 Å². The second-order valence-corrected chi connectivity index (χ2v) is 6.36. The van der Waals surface area contributed by atoms with E-state index in [-0.39, 0.29) is 5.91 Å². The molecular weight excluding hydrogens is 312 g/mol. The van der Waals surface area contributed by atoms with E-state index in [0.29, 0.717) is 17.9 Å². The van der Waals surface area contributed by atoms with Gasteiger partial charge in [-0.3, -0.25) is 4.79 Å². The van der Waals surface area contributed by atoms with Crippen molar-refractivity contribution < 1.29 is 4.79 Å². The van der Waals surface area contributed by atoms with Crippen molar-refractivity contribution in [1.82, 2.24) is 19.9 Å². The molecule has 0 fully saturated rings. The quantitative estimate of drug-likeness (QED) is 0.734. The molecule has 3 rings (SSSR count). The van der Waals surface area contributed by atoms with Crippen molar-refractivity contribution in [3.63, 3.8) is 0 Å². The number of hydrogen-bond acceptors (Lipinski definition) is 3. The molecule has 0 saturated heterocycles. The molecule has 3 aromatic rings. The van der Waals surface area contributed by atoms with E-state index in [9.17, 15) is 4.79 Å². The third-order valence-corrected chi connectivity index (χ3v) is 4.16. The van der Waals surface area contributed by atoms with Crippen LogP contribution < -0.4 is 0 Å². The zero-order valence-corrected chi connectivity index (χ0v) is 15.0. The topological polar surface area (TPSA) is 51.0 Å². The van der Waals surface area contributed by atoms with Crippen molar-refractivity contribution in [2.24, 2.45) is 0 Å². The molecule has 1 heterocycles. The first-order valence-corrected chi connectivity index (χ1v) is 8.26. The van der Waals surface area contributed by atoms with Gasteiger partial charge in [0.15, 0.2) is 5.69 Å². The van der Waals surface area contributed by atoms with Crippen LogP contribution in [0.1, 0.15) is 32.9 Å². The van der Waals surface area contributed by atoms with Crippen molar-refractivity contribution in [2.75, 3.05) is 7.05 Å². The lowest BCUT2D eigenvalue weighted by atomic mass is 10.1. The van der Waals surface area contributed by atoms with Gasteiger partial charge in [0.1, 0.15) is 0 Å². The molecular formula is C20H22N4O. The van der Waals surface area contributed by atoms with Crippen LogP contribution in [0, 0.1) is 20.8 Å². The van der Waals surface area contributed by atoms with E-state index < -0.39 is 0 Å². The highest BCUT2D eigenvalue weighted by Gasteiger charge is 2.20. The van der Waals surface area contributed by atoms with E-state index in [1.807, 2.05) is 63.2 Å². The van der Waals surface area contributed by atoms with Gasteiger partial charge in [-0.1, -0.05) is 48.0 Å². The largest absolute Gasteiger partial charge is 0.336 e. The standard InChI is InChI=1S/C20H22N4O/c1-14-10-11-18(15(2)12-14)24-21-16(3)19(22-24)20(25)23(4)13-17-8-6-5-7-9-17/h5-12H,13H2,1-4H3. The van der Waals surface area contributed by atoms with Gasteiger partial charge in [0.25, 0.3) is 5.91 Å². The zero-order valence-electron chi connectivity index (χ0n) is 15.0. The van der Waals surface area contributed by atoms with Crippen molar-refractivity contribution >= 4 is 5.91 Å². The van der Waals surface area contributed by atoms with Gasteiger partial charge in [-0.2, -0.15) is 9.90 Å². The molecule has 0 saturated carbocycles. The van der Waals surface area contributed by atoms with Crippen LogP contribution in [-0.2, 0) is 6.54 Å². The first-order valence-electron chi connectivity index (χ1n) is 8.26. The lowest BCUT2D eigenvalue weighted by Crippen LogP contribution is -2.27. The number of amides is 1. The number of nitrogens with zero attached hydrogens (tertiary/aromatic N) is 4. The molecule has 0 atom stereocenters. The van der Waals surface area contributed by atoms with Gasteiger partial charge in [-0.05, 0) is 38.0 Å². The van der Waals surface area contributed by atoms with Gasteiger partial charge in [-0.25, -0.2) is 0 Å². The number of benzene rings is 2. The van der Waals surface area contributed by atoms with E-state index in [4.69, 9.17) is 0 Å². The van der Waals surface area contributed by atoms with Crippen LogP contribution in [0.15, 0.2) is 48.5 Å². The maximum absolute atomic E-state index is 12.8. The molecule has 0 spiro atoms. The molecule has 128 valence electrons. The summed E-state index contributed by atoms with van der Waals surface area (Å²) in [5.41, 5.74) is 5.25. The third kappa shape index (κ3) is 3.60. The molecule has 0 aliphatic carbocycles. The smallest absolute Gasteiger partial charge is 0.276 e. The molecule has 1 aromatic heterocycles. The molecule has 0 N–H and O–H groups in total. The Morgan fingerprint density at radius 2 is 1.76 bits per heavy atom. The average Bonchev–Trinajstić information content (AvgIpc) is 2.96. The zero-order chi connectivity index (χ0) is 18.0. The third-order valence-electron chi connectivity index (χ3n) is 4.16. The first kappa shape index (κ1) is 16.9. The fourth-order valence-electron chi connectivity index (χ4n) is 2.82. The molecule has 5 heteroatoms. The van der Waals surface area contributed by atoms with Gasteiger partial charge in [-0.15, -0.1) is 5.10 Å². The Hall–Kier alpha value is -2.95. The maximum Gasteiger partial charge on any atom is 0.276 e. The van der Waals surface area contributed by atoms with Crippen molar-refractivity contribution in [3.8, 4) is 5.69 Å². The highest BCUT2D eigenvalue weighted by molar-refractivity contribution is 5.93. The van der Waals surface area contributed by atoms with E-state index in [0.717, 1.165) is 16.8 Å². The van der Waals surface area contributed by atoms with Gasteiger partial charge in [0.05, 0.1) is 11.4 Å². The highest BCUT2D eigenvalue weighted by atomic mass is 16.2. The summed E-state index contributed by atoms with van der Waals surface area (Å²) in [4.78, 5) is 16.0. The lowest BCUT2D eigenvalue weighted by Gasteiger charge is -2.16. The summed E-state index contributed by atoms with van der Waals surface area (Å²) in [6.07, 6.45) is 0. The number of aryl methyl sites for hydroxylation is 3. The minimum atomic E-state index is -0.127. The summed E-state index contributed by atoms with van der Waals surface area (Å²) in [6.45, 7) is 6.42. The molecule has 25 heavy (non-hydrogen) atoms. The molecule has 0 aliphatic heterocycles. The van der Waals surface area contributed by atoms with Gasteiger partial charge in [0, 0.05) is 13.6 Å². The summed E-state index contributed by atoms with van der Waals surface area (Å²) < 4.78 is 0. The fourth-order valence-corrected chi connectivity index (χ4v) is 2.82. The Bertz CT molecular complexity index is 899. The summed E-state index contributed by atoms with van der Waals surface area (Å²) in [6, 6.07) is 16.0. The Morgan fingerprint density at radius 1 is 1.04 bits per heavy atom. The van der Waals surface area contributed by atoms with Crippen LogP contribution in [0.3, 0.4) is 0 Å². The fraction of sp³-hybridized carbons (Fsp3) is 0.250. The second-order valence-electron chi connectivity index (χ2n) is 6.36. The minimum Gasteiger partial charge on any atom is -0.336 e. The van der Waals surface area contributed by atoms with E-state index >= 15 is 0 Å². The summed E-state index contributed by atoms with van der Waals surface area (Å²) in [5.74, 6) is -0.127. The predicted molar refractivity (Wildman–Crippen MR) is 97.8 cm³/mol. The lowest BCUT2D eigenvalue weighted by molar-refractivity contribution is 0.0778. The molecule has 1 amide bonds. The number of carbonyl (C=O) groups is 1. The van der Waals surface area contributed by atoms with Crippen LogP contribution >= 0.6 is 0 Å². The highest BCUT2D eigenvalue weighted by Crippen LogP contribution is 2.16. The minimum absolute atomic E-state index is 0.127. The number of aromatic nitrogens is 3. The Kier molecular flexibility index (Phi) is 4.65. The first-order chi connectivity index (χ1) is 12.0. The summed E-state index contributed by atoms with van der Waals surface area (Å²) >= 11 is 0. The van der Waals surface area contributed by atoms with Crippen molar-refractivity contribution in [2.45, 2.75) is 27.3 Å². The van der Waals surface area contributed by atoms with E-state index in [2.05, 4.69) is 16.3 Å². The van der Waals surface area contributed by atoms with Gasteiger partial charge >= 0.3 is 0 Å². The Morgan fingerprint density at radius 3 is 2.44 bits per heavy atom. The molecule has 0 bridgehead atoms. The van der Waals surface area contributed by atoms with Crippen LogP contribution in [0.2, 0.25) is 0 Å². The monoisotopic (exact) mass is 334 g/mol. The SMILES string of the molecule is Cc1ccc(-n2nc(C)c(C(=O)N(C)Cc3ccccc3)n2)c(C)c1. The Labute approximate surface area is 147 Å². The van der Waals surface area contributed by atoms with Crippen molar-refractivity contribution in [1.29, 1.82) is 0 Å². The predicted octanol–water partition coefficient (Wildman–Crippen LogP) is 3.46. The average molecular weight is 334 g/mol. The van der Waals surface area contributed by atoms with Crippen LogP contribution in [-0.4, -0.2) is 32.8 Å². The van der Waals surface area contributed by atoms with E-state index in [1.54, 1.807) is 16.7 Å². The van der Waals surface area contributed by atoms with E-state index in [1.165, 1.54) is 5.56 Å². The van der Waals surface area contributed by atoms with Crippen molar-refractivity contribution in [3.05, 3.63) is 76.6 Å². The van der Waals surface area contributed by atoms with Crippen LogP contribution in [0.25, 0.3) is 5.69 Å². The number of rotatable bonds is 4. The van der Waals surface area contributed by atoms with Crippen LogP contribution in [0.4, 0.5) is 0 Å². The number of hydrogen-bond donors (Lipinski definition) is 0. The summed E-state index contributed by atoms with van der Waals surface area (Å²) in [5, 5.41) is 8.89. The normalized spacial score (nSPS) is 10.7. The van der Waals surface area contributed by atoms with Gasteiger partial charge < -0.3 is 4.90 Å². The molecule has 5 nitrogen and oxygen atoms in total. The number of carbonyl (C=O) groups excluding carboxylic acids is 1. The summed E-state index contributed by atoms with van der Waals surface area (Å²) in [7, 11) is 1.78. The molecule has 0 aliphatic rings. The molecule has 2 aromatic carbocycles. The molecule has 0 unspecified atom stereocenters. The second kappa shape index (κ2) is 6.89. The van der Waals surface area contributed by atoms with Crippen LogP contribution in [0.5, 0.6) is 0 Å². The maximum atomic E-state index is 12.8. The molecule has 0 radical (unpaired) electrons. The Balaban J connectivity index is 1.85.